The zero-order valence-corrected chi connectivity index (χ0v) is 12.4. The fourth-order valence-corrected chi connectivity index (χ4v) is 2.46. The maximum Gasteiger partial charge on any atom is 0.244 e. The van der Waals surface area contributed by atoms with Gasteiger partial charge in [-0.25, -0.2) is 13.4 Å². The molecule has 2 rings (SSSR count). The Balaban J connectivity index is 1.76. The van der Waals surface area contributed by atoms with Gasteiger partial charge in [-0.1, -0.05) is 6.07 Å². The van der Waals surface area contributed by atoms with E-state index in [1.165, 1.54) is 24.6 Å². The smallest absolute Gasteiger partial charge is 0.244 e. The average molecular weight is 321 g/mol. The van der Waals surface area contributed by atoms with E-state index >= 15 is 0 Å². The molecule has 0 saturated carbocycles. The SMILES string of the molecule is O=C(/C=C/c1ccco1)NCCS(=O)(=O)Nc1ccccn1. The first kappa shape index (κ1) is 15.8. The van der Waals surface area contributed by atoms with E-state index in [-0.39, 0.29) is 18.1 Å². The summed E-state index contributed by atoms with van der Waals surface area (Å²) in [4.78, 5) is 15.4. The maximum absolute atomic E-state index is 11.8. The van der Waals surface area contributed by atoms with E-state index in [1.54, 1.807) is 30.3 Å². The summed E-state index contributed by atoms with van der Waals surface area (Å²) in [7, 11) is -3.56. The van der Waals surface area contributed by atoms with E-state index in [0.29, 0.717) is 5.76 Å². The molecule has 22 heavy (non-hydrogen) atoms. The number of hydrogen-bond acceptors (Lipinski definition) is 5. The lowest BCUT2D eigenvalue weighted by atomic mass is 10.4. The predicted octanol–water partition coefficient (Wildman–Crippen LogP) is 1.25. The van der Waals surface area contributed by atoms with Gasteiger partial charge in [0.15, 0.2) is 0 Å². The largest absolute Gasteiger partial charge is 0.465 e. The molecule has 0 saturated heterocycles. The number of furan rings is 1. The van der Waals surface area contributed by atoms with Gasteiger partial charge in [0, 0.05) is 18.8 Å². The summed E-state index contributed by atoms with van der Waals surface area (Å²) in [6.45, 7) is -0.0104. The van der Waals surface area contributed by atoms with Gasteiger partial charge in [-0.15, -0.1) is 0 Å². The third kappa shape index (κ3) is 5.41. The highest BCUT2D eigenvalue weighted by Crippen LogP contribution is 2.03. The topological polar surface area (TPSA) is 101 Å². The van der Waals surface area contributed by atoms with Gasteiger partial charge in [0.05, 0.1) is 12.0 Å². The number of rotatable bonds is 7. The fraction of sp³-hybridized carbons (Fsp3) is 0.143. The molecule has 2 aromatic rings. The quantitative estimate of drug-likeness (QED) is 0.747. The number of nitrogens with zero attached hydrogens (tertiary/aromatic N) is 1. The molecular weight excluding hydrogens is 306 g/mol. The van der Waals surface area contributed by atoms with E-state index in [2.05, 4.69) is 15.0 Å². The monoisotopic (exact) mass is 321 g/mol. The highest BCUT2D eigenvalue weighted by Gasteiger charge is 2.11. The highest BCUT2D eigenvalue weighted by atomic mass is 32.2. The molecule has 0 aliphatic carbocycles. The summed E-state index contributed by atoms with van der Waals surface area (Å²) in [5.41, 5.74) is 0. The Kier molecular flexibility index (Phi) is 5.31. The normalized spacial score (nSPS) is 11.5. The standard InChI is InChI=1S/C14H15N3O4S/c18-14(7-6-12-4-3-10-21-12)16-9-11-22(19,20)17-13-5-1-2-8-15-13/h1-8,10H,9,11H2,(H,15,17)(H,16,18)/b7-6+. The Morgan fingerprint density at radius 3 is 2.82 bits per heavy atom. The number of hydrogen-bond donors (Lipinski definition) is 2. The second-order valence-corrected chi connectivity index (χ2v) is 6.12. The number of aromatic nitrogens is 1. The zero-order chi connectivity index (χ0) is 15.8. The Hall–Kier alpha value is -2.61. The number of amides is 1. The van der Waals surface area contributed by atoms with E-state index in [9.17, 15) is 13.2 Å². The summed E-state index contributed by atoms with van der Waals surface area (Å²) in [5.74, 6) is 0.139. The molecular formula is C14H15N3O4S. The average Bonchev–Trinajstić information content (AvgIpc) is 2.99. The molecule has 0 atom stereocenters. The first-order valence-electron chi connectivity index (χ1n) is 6.46. The Labute approximate surface area is 128 Å². The second-order valence-electron chi connectivity index (χ2n) is 4.28. The summed E-state index contributed by atoms with van der Waals surface area (Å²) < 4.78 is 30.9. The van der Waals surface area contributed by atoms with Crippen molar-refractivity contribution in [1.82, 2.24) is 10.3 Å². The minimum Gasteiger partial charge on any atom is -0.465 e. The van der Waals surface area contributed by atoms with E-state index in [1.807, 2.05) is 0 Å². The highest BCUT2D eigenvalue weighted by molar-refractivity contribution is 7.92. The first-order valence-corrected chi connectivity index (χ1v) is 8.11. The van der Waals surface area contributed by atoms with Crippen LogP contribution in [0.25, 0.3) is 6.08 Å². The number of carbonyl (C=O) groups excluding carboxylic acids is 1. The zero-order valence-electron chi connectivity index (χ0n) is 11.6. The van der Waals surface area contributed by atoms with Crippen molar-refractivity contribution in [3.8, 4) is 0 Å². The third-order valence-corrected chi connectivity index (χ3v) is 3.80. The summed E-state index contributed by atoms with van der Waals surface area (Å²) in [6.07, 6.45) is 5.75. The molecule has 2 aromatic heterocycles. The molecule has 0 aliphatic rings. The van der Waals surface area contributed by atoms with E-state index in [4.69, 9.17) is 4.42 Å². The van der Waals surface area contributed by atoms with Gasteiger partial charge >= 0.3 is 0 Å². The molecule has 0 fully saturated rings. The van der Waals surface area contributed by atoms with Crippen LogP contribution in [0.3, 0.4) is 0 Å². The van der Waals surface area contributed by atoms with Crippen LogP contribution in [0.15, 0.2) is 53.3 Å². The molecule has 1 amide bonds. The van der Waals surface area contributed by atoms with Crippen LogP contribution in [-0.2, 0) is 14.8 Å². The van der Waals surface area contributed by atoms with Crippen LogP contribution >= 0.6 is 0 Å². The molecule has 0 aromatic carbocycles. The summed E-state index contributed by atoms with van der Waals surface area (Å²) in [6, 6.07) is 8.30. The van der Waals surface area contributed by atoms with Crippen LogP contribution in [-0.4, -0.2) is 31.6 Å². The lowest BCUT2D eigenvalue weighted by Crippen LogP contribution is -2.30. The van der Waals surface area contributed by atoms with Gasteiger partial charge in [0.1, 0.15) is 11.6 Å². The minimum atomic E-state index is -3.56. The van der Waals surface area contributed by atoms with Crippen LogP contribution in [0.2, 0.25) is 0 Å². The van der Waals surface area contributed by atoms with Gasteiger partial charge in [-0.2, -0.15) is 0 Å². The molecule has 0 spiro atoms. The lowest BCUT2D eigenvalue weighted by Gasteiger charge is -2.07. The molecule has 0 unspecified atom stereocenters. The maximum atomic E-state index is 11.8. The molecule has 8 heteroatoms. The fourth-order valence-electron chi connectivity index (χ4n) is 1.54. The van der Waals surface area contributed by atoms with Crippen molar-refractivity contribution in [2.75, 3.05) is 17.0 Å². The summed E-state index contributed by atoms with van der Waals surface area (Å²) >= 11 is 0. The van der Waals surface area contributed by atoms with Gasteiger partial charge in [-0.3, -0.25) is 9.52 Å². The van der Waals surface area contributed by atoms with Crippen LogP contribution in [0.5, 0.6) is 0 Å². The lowest BCUT2D eigenvalue weighted by molar-refractivity contribution is -0.116. The van der Waals surface area contributed by atoms with E-state index in [0.717, 1.165) is 0 Å². The van der Waals surface area contributed by atoms with Crippen molar-refractivity contribution >= 4 is 27.8 Å². The number of pyridine rings is 1. The molecule has 7 nitrogen and oxygen atoms in total. The predicted molar refractivity (Wildman–Crippen MR) is 82.4 cm³/mol. The van der Waals surface area contributed by atoms with Crippen LogP contribution < -0.4 is 10.0 Å². The van der Waals surface area contributed by atoms with Gasteiger partial charge in [0.2, 0.25) is 15.9 Å². The van der Waals surface area contributed by atoms with Crippen molar-refractivity contribution < 1.29 is 17.6 Å². The number of anilines is 1. The van der Waals surface area contributed by atoms with Crippen LogP contribution in [0.1, 0.15) is 5.76 Å². The second kappa shape index (κ2) is 7.41. The summed E-state index contributed by atoms with van der Waals surface area (Å²) in [5, 5.41) is 2.48. The van der Waals surface area contributed by atoms with Crippen molar-refractivity contribution in [2.45, 2.75) is 0 Å². The number of sulfonamides is 1. The van der Waals surface area contributed by atoms with Crippen molar-refractivity contribution in [2.24, 2.45) is 0 Å². The van der Waals surface area contributed by atoms with Crippen molar-refractivity contribution in [1.29, 1.82) is 0 Å². The Morgan fingerprint density at radius 2 is 2.14 bits per heavy atom. The Morgan fingerprint density at radius 1 is 1.27 bits per heavy atom. The van der Waals surface area contributed by atoms with E-state index < -0.39 is 15.9 Å². The van der Waals surface area contributed by atoms with Crippen LogP contribution in [0.4, 0.5) is 5.82 Å². The van der Waals surface area contributed by atoms with Gasteiger partial charge < -0.3 is 9.73 Å². The van der Waals surface area contributed by atoms with Gasteiger partial charge in [0.25, 0.3) is 0 Å². The third-order valence-electron chi connectivity index (χ3n) is 2.54. The van der Waals surface area contributed by atoms with Crippen molar-refractivity contribution in [3.05, 3.63) is 54.6 Å². The molecule has 116 valence electrons. The van der Waals surface area contributed by atoms with Crippen LogP contribution in [0, 0.1) is 0 Å². The molecule has 2 N–H and O–H groups in total. The van der Waals surface area contributed by atoms with Gasteiger partial charge in [-0.05, 0) is 30.3 Å². The number of nitrogens with one attached hydrogen (secondary N) is 2. The minimum absolute atomic E-state index is 0.0104. The molecule has 2 heterocycles. The molecule has 0 radical (unpaired) electrons. The molecule has 0 bridgehead atoms. The first-order chi connectivity index (χ1) is 10.6. The number of carbonyl (C=O) groups is 1. The molecule has 0 aliphatic heterocycles. The Bertz CT molecular complexity index is 725. The van der Waals surface area contributed by atoms with Crippen molar-refractivity contribution in [3.63, 3.8) is 0 Å².